The number of hydrogen-bond donors (Lipinski definition) is 2. The van der Waals surface area contributed by atoms with Gasteiger partial charge in [-0.2, -0.15) is 11.8 Å². The molecule has 2 saturated heterocycles. The van der Waals surface area contributed by atoms with E-state index < -0.39 is 0 Å². The molecule has 2 aliphatic heterocycles. The minimum absolute atomic E-state index is 0.0440. The predicted octanol–water partition coefficient (Wildman–Crippen LogP) is 1.23. The first-order chi connectivity index (χ1) is 11.2. The molecule has 1 amide bonds. The number of thioether (sulfide) groups is 1. The van der Waals surface area contributed by atoms with E-state index in [0.29, 0.717) is 6.61 Å². The number of nitrogens with zero attached hydrogens (tertiary/aromatic N) is 1. The van der Waals surface area contributed by atoms with Gasteiger partial charge in [0, 0.05) is 43.2 Å². The highest BCUT2D eigenvalue weighted by Gasteiger charge is 2.39. The molecule has 3 aliphatic rings. The minimum atomic E-state index is -0.207. The van der Waals surface area contributed by atoms with Crippen LogP contribution in [0.5, 0.6) is 0 Å². The lowest BCUT2D eigenvalue weighted by Crippen LogP contribution is -2.62. The molecule has 3 rings (SSSR count). The van der Waals surface area contributed by atoms with Crippen LogP contribution in [0.4, 0.5) is 0 Å². The smallest absolute Gasteiger partial charge is 0.239 e. The summed E-state index contributed by atoms with van der Waals surface area (Å²) < 4.78 is 5.61. The van der Waals surface area contributed by atoms with Gasteiger partial charge in [-0.15, -0.1) is 0 Å². The van der Waals surface area contributed by atoms with Gasteiger partial charge in [0.2, 0.25) is 5.91 Å². The lowest BCUT2D eigenvalue weighted by Gasteiger charge is -2.48. The molecule has 132 valence electrons. The molecular weight excluding hydrogens is 310 g/mol. The summed E-state index contributed by atoms with van der Waals surface area (Å²) in [6, 6.07) is -0.207. The van der Waals surface area contributed by atoms with E-state index in [4.69, 9.17) is 4.74 Å². The quantitative estimate of drug-likeness (QED) is 0.806. The van der Waals surface area contributed by atoms with Crippen molar-refractivity contribution in [1.82, 2.24) is 15.5 Å². The molecule has 6 heteroatoms. The summed E-state index contributed by atoms with van der Waals surface area (Å²) in [4.78, 5) is 15.3. The number of morpholine rings is 1. The van der Waals surface area contributed by atoms with Crippen LogP contribution in [0.15, 0.2) is 0 Å². The van der Waals surface area contributed by atoms with Crippen molar-refractivity contribution in [2.75, 3.05) is 44.3 Å². The molecule has 1 saturated carbocycles. The average Bonchev–Trinajstić information content (AvgIpc) is 2.62. The van der Waals surface area contributed by atoms with Crippen LogP contribution >= 0.6 is 11.8 Å². The standard InChI is InChI=1S/C17H31N3O2S/c1-14-15(18-7-10-22-14)16(21)19-13-17(5-3-2-4-6-17)20-8-11-23-12-9-20/h14-15,18H,2-13H2,1H3,(H,19,21)/t14-,15+/m1/s1. The first kappa shape index (κ1) is 17.5. The van der Waals surface area contributed by atoms with Crippen LogP contribution in [0, 0.1) is 0 Å². The number of hydrogen-bond acceptors (Lipinski definition) is 5. The summed E-state index contributed by atoms with van der Waals surface area (Å²) in [7, 11) is 0. The number of carbonyl (C=O) groups excluding carboxylic acids is 1. The minimum Gasteiger partial charge on any atom is -0.375 e. The maximum absolute atomic E-state index is 12.6. The molecule has 23 heavy (non-hydrogen) atoms. The molecular formula is C17H31N3O2S. The third-order valence-corrected chi connectivity index (χ3v) is 6.60. The topological polar surface area (TPSA) is 53.6 Å². The van der Waals surface area contributed by atoms with Crippen molar-refractivity contribution in [2.45, 2.75) is 56.7 Å². The Kier molecular flexibility index (Phi) is 6.24. The Morgan fingerprint density at radius 3 is 2.74 bits per heavy atom. The maximum atomic E-state index is 12.6. The second kappa shape index (κ2) is 8.19. The summed E-state index contributed by atoms with van der Waals surface area (Å²) in [5.74, 6) is 2.56. The third kappa shape index (κ3) is 4.21. The Morgan fingerprint density at radius 2 is 2.04 bits per heavy atom. The fourth-order valence-corrected chi connectivity index (χ4v) is 5.14. The molecule has 0 aromatic heterocycles. The first-order valence-corrected chi connectivity index (χ1v) is 10.3. The fraction of sp³-hybridized carbons (Fsp3) is 0.941. The predicted molar refractivity (Wildman–Crippen MR) is 94.9 cm³/mol. The molecule has 0 aromatic rings. The zero-order chi connectivity index (χ0) is 16.1. The molecule has 2 heterocycles. The molecule has 3 fully saturated rings. The molecule has 1 aliphatic carbocycles. The fourth-order valence-electron chi connectivity index (χ4n) is 4.24. The van der Waals surface area contributed by atoms with Gasteiger partial charge in [-0.1, -0.05) is 19.3 Å². The first-order valence-electron chi connectivity index (χ1n) is 9.17. The van der Waals surface area contributed by atoms with Gasteiger partial charge in [0.1, 0.15) is 6.04 Å². The van der Waals surface area contributed by atoms with Crippen LogP contribution in [0.25, 0.3) is 0 Å². The van der Waals surface area contributed by atoms with E-state index in [2.05, 4.69) is 27.3 Å². The van der Waals surface area contributed by atoms with Crippen molar-refractivity contribution >= 4 is 17.7 Å². The summed E-state index contributed by atoms with van der Waals surface area (Å²) in [5.41, 5.74) is 0.188. The van der Waals surface area contributed by atoms with Crippen molar-refractivity contribution in [2.24, 2.45) is 0 Å². The van der Waals surface area contributed by atoms with Gasteiger partial charge in [-0.05, 0) is 19.8 Å². The highest BCUT2D eigenvalue weighted by molar-refractivity contribution is 7.99. The second-order valence-corrected chi connectivity index (χ2v) is 8.33. The van der Waals surface area contributed by atoms with E-state index in [1.807, 2.05) is 6.92 Å². The number of amides is 1. The van der Waals surface area contributed by atoms with Crippen LogP contribution in [0.2, 0.25) is 0 Å². The molecule has 0 unspecified atom stereocenters. The molecule has 0 bridgehead atoms. The molecule has 5 nitrogen and oxygen atoms in total. The van der Waals surface area contributed by atoms with Gasteiger partial charge >= 0.3 is 0 Å². The van der Waals surface area contributed by atoms with Crippen molar-refractivity contribution in [3.05, 3.63) is 0 Å². The summed E-state index contributed by atoms with van der Waals surface area (Å²) in [5, 5.41) is 6.56. The lowest BCUT2D eigenvalue weighted by atomic mass is 9.80. The van der Waals surface area contributed by atoms with E-state index in [1.165, 1.54) is 56.7 Å². The van der Waals surface area contributed by atoms with Crippen LogP contribution in [-0.2, 0) is 9.53 Å². The van der Waals surface area contributed by atoms with Crippen LogP contribution in [-0.4, -0.2) is 72.8 Å². The van der Waals surface area contributed by atoms with Crippen LogP contribution in [0.3, 0.4) is 0 Å². The van der Waals surface area contributed by atoms with Gasteiger partial charge in [0.05, 0.1) is 12.7 Å². The van der Waals surface area contributed by atoms with Gasteiger partial charge in [-0.3, -0.25) is 9.69 Å². The van der Waals surface area contributed by atoms with E-state index in [0.717, 1.165) is 13.1 Å². The number of rotatable bonds is 4. The zero-order valence-corrected chi connectivity index (χ0v) is 15.1. The van der Waals surface area contributed by atoms with Gasteiger partial charge in [-0.25, -0.2) is 0 Å². The lowest BCUT2D eigenvalue weighted by molar-refractivity contribution is -0.129. The maximum Gasteiger partial charge on any atom is 0.239 e. The number of ether oxygens (including phenoxy) is 1. The Hall–Kier alpha value is -0.300. The van der Waals surface area contributed by atoms with E-state index in [-0.39, 0.29) is 23.6 Å². The SMILES string of the molecule is C[C@H]1OCCN[C@@H]1C(=O)NCC1(N2CCSCC2)CCCCC1. The summed E-state index contributed by atoms with van der Waals surface area (Å²) in [6.45, 7) is 6.57. The van der Waals surface area contributed by atoms with Crippen LogP contribution in [0.1, 0.15) is 39.0 Å². The van der Waals surface area contributed by atoms with Crippen molar-refractivity contribution in [3.8, 4) is 0 Å². The molecule has 0 radical (unpaired) electrons. The van der Waals surface area contributed by atoms with Gasteiger partial charge < -0.3 is 15.4 Å². The van der Waals surface area contributed by atoms with E-state index in [9.17, 15) is 4.79 Å². The third-order valence-electron chi connectivity index (χ3n) is 5.66. The summed E-state index contributed by atoms with van der Waals surface area (Å²) in [6.07, 6.45) is 6.33. The molecule has 0 spiro atoms. The van der Waals surface area contributed by atoms with E-state index in [1.54, 1.807) is 0 Å². The van der Waals surface area contributed by atoms with Gasteiger partial charge in [0.15, 0.2) is 0 Å². The Labute approximate surface area is 144 Å². The molecule has 2 atom stereocenters. The second-order valence-electron chi connectivity index (χ2n) is 7.11. The molecule has 2 N–H and O–H groups in total. The summed E-state index contributed by atoms with van der Waals surface area (Å²) >= 11 is 2.05. The average molecular weight is 342 g/mol. The number of nitrogens with one attached hydrogen (secondary N) is 2. The van der Waals surface area contributed by atoms with Crippen molar-refractivity contribution in [3.63, 3.8) is 0 Å². The normalized spacial score (nSPS) is 32.4. The Bertz CT molecular complexity index is 395. The Balaban J connectivity index is 1.60. The highest BCUT2D eigenvalue weighted by Crippen LogP contribution is 2.34. The Morgan fingerprint density at radius 1 is 1.30 bits per heavy atom. The zero-order valence-electron chi connectivity index (χ0n) is 14.3. The number of carbonyl (C=O) groups is 1. The van der Waals surface area contributed by atoms with Crippen molar-refractivity contribution in [1.29, 1.82) is 0 Å². The molecule has 0 aromatic carbocycles. The largest absolute Gasteiger partial charge is 0.375 e. The highest BCUT2D eigenvalue weighted by atomic mass is 32.2. The monoisotopic (exact) mass is 341 g/mol. The van der Waals surface area contributed by atoms with Crippen molar-refractivity contribution < 1.29 is 9.53 Å². The van der Waals surface area contributed by atoms with E-state index >= 15 is 0 Å². The van der Waals surface area contributed by atoms with Crippen LogP contribution < -0.4 is 10.6 Å². The van der Waals surface area contributed by atoms with Gasteiger partial charge in [0.25, 0.3) is 0 Å².